The van der Waals surface area contributed by atoms with E-state index in [1.807, 2.05) is 100 Å². The van der Waals surface area contributed by atoms with E-state index in [2.05, 4.69) is 93.7 Å². The number of carbonyl (C=O) groups excluding carboxylic acids is 2. The Morgan fingerprint density at radius 2 is 1.08 bits per heavy atom. The molecule has 0 saturated carbocycles. The molecule has 5 aromatic carbocycles. The summed E-state index contributed by atoms with van der Waals surface area (Å²) in [4.78, 5) is 30.1. The molecule has 0 aliphatic carbocycles. The maximum atomic E-state index is 12.9. The molecule has 0 aromatic heterocycles. The van der Waals surface area contributed by atoms with Gasteiger partial charge in [0.05, 0.1) is 14.9 Å². The fourth-order valence-corrected chi connectivity index (χ4v) is 7.36. The Labute approximate surface area is 316 Å². The fourth-order valence-electron chi connectivity index (χ4n) is 6.86. The van der Waals surface area contributed by atoms with Gasteiger partial charge in [-0.25, -0.2) is 9.59 Å². The Bertz CT molecular complexity index is 1970. The molecule has 2 aliphatic rings. The minimum Gasteiger partial charge on any atom is -0.456 e. The van der Waals surface area contributed by atoms with Crippen LogP contribution >= 0.6 is 22.6 Å². The lowest BCUT2D eigenvalue weighted by Gasteiger charge is -2.23. The van der Waals surface area contributed by atoms with Gasteiger partial charge in [0.15, 0.2) is 0 Å². The van der Waals surface area contributed by atoms with Crippen molar-refractivity contribution in [1.82, 2.24) is 5.32 Å². The number of halogens is 1. The van der Waals surface area contributed by atoms with Crippen molar-refractivity contribution in [2.45, 2.75) is 48.5 Å². The third kappa shape index (κ3) is 9.10. The van der Waals surface area contributed by atoms with Crippen LogP contribution in [0.5, 0.6) is 11.5 Å². The minimum absolute atomic E-state index is 0.0186. The highest BCUT2D eigenvalue weighted by Gasteiger charge is 2.33. The summed E-state index contributed by atoms with van der Waals surface area (Å²) in [6.45, 7) is 17.5. The first kappa shape index (κ1) is 37.4. The van der Waals surface area contributed by atoms with Crippen LogP contribution in [-0.2, 0) is 0 Å². The van der Waals surface area contributed by atoms with Crippen molar-refractivity contribution in [3.63, 3.8) is 0 Å². The number of aryl methyl sites for hydroxylation is 7. The average Bonchev–Trinajstić information content (AvgIpc) is 3.67. The van der Waals surface area contributed by atoms with Gasteiger partial charge in [0.1, 0.15) is 11.5 Å². The molecule has 51 heavy (non-hydrogen) atoms. The summed E-state index contributed by atoms with van der Waals surface area (Å²) in [6, 6.07) is 34.4. The molecule has 8 heteroatoms. The maximum Gasteiger partial charge on any atom is 0.329 e. The number of hydrogen-bond acceptors (Lipinski definition) is 3. The van der Waals surface area contributed by atoms with Crippen LogP contribution in [0.2, 0.25) is 0 Å². The first-order valence-electron chi connectivity index (χ1n) is 17.3. The highest BCUT2D eigenvalue weighted by atomic mass is 127. The monoisotopic (exact) mass is 794 g/mol. The molecule has 2 saturated heterocycles. The predicted molar refractivity (Wildman–Crippen MR) is 219 cm³/mol. The lowest BCUT2D eigenvalue weighted by Crippen LogP contribution is -2.32. The van der Waals surface area contributed by atoms with E-state index < -0.39 is 0 Å². The molecule has 0 bridgehead atoms. The van der Waals surface area contributed by atoms with Gasteiger partial charge in [0, 0.05) is 31.9 Å². The standard InChI is InChI=1S/C19H22N2O.C12H9IO.C12H16N2O/c1-13-11-15(3)18(16(4)12-13)21-10-9-20(19(21)22)17-8-6-5-7-14(17)2;13-11-8-4-5-9-12(11)14-10-6-2-1-3-7-10;1-8-6-9(2)11(10(3)7-8)14-5-4-13-12(14)15/h5-8,11-12H,9-10H2,1-4H3;1-9H;6-7H,4-5H2,1-3H3,(H,13,15). The summed E-state index contributed by atoms with van der Waals surface area (Å²) in [5.74, 6) is 1.77. The molecule has 2 aliphatic heterocycles. The van der Waals surface area contributed by atoms with Crippen molar-refractivity contribution in [2.75, 3.05) is 40.9 Å². The number of nitrogens with one attached hydrogen (secondary N) is 1. The molecule has 4 amide bonds. The Morgan fingerprint density at radius 3 is 1.63 bits per heavy atom. The van der Waals surface area contributed by atoms with Gasteiger partial charge in [-0.2, -0.15) is 0 Å². The van der Waals surface area contributed by atoms with Gasteiger partial charge in [0.25, 0.3) is 0 Å². The number of ether oxygens (including phenoxy) is 1. The minimum atomic E-state index is 0.0186. The number of para-hydroxylation sites is 3. The van der Waals surface area contributed by atoms with E-state index in [0.717, 1.165) is 75.0 Å². The van der Waals surface area contributed by atoms with Gasteiger partial charge >= 0.3 is 12.1 Å². The van der Waals surface area contributed by atoms with Crippen LogP contribution in [0, 0.1) is 52.0 Å². The molecule has 7 nitrogen and oxygen atoms in total. The van der Waals surface area contributed by atoms with Crippen LogP contribution in [0.3, 0.4) is 0 Å². The zero-order valence-corrected chi connectivity index (χ0v) is 32.7. The fraction of sp³-hybridized carbons (Fsp3) is 0.256. The van der Waals surface area contributed by atoms with Crippen molar-refractivity contribution >= 4 is 51.7 Å². The maximum absolute atomic E-state index is 12.9. The summed E-state index contributed by atoms with van der Waals surface area (Å²) in [5, 5.41) is 2.82. The van der Waals surface area contributed by atoms with E-state index in [4.69, 9.17) is 4.74 Å². The molecule has 1 N–H and O–H groups in total. The molecule has 0 unspecified atom stereocenters. The largest absolute Gasteiger partial charge is 0.456 e. The van der Waals surface area contributed by atoms with E-state index >= 15 is 0 Å². The van der Waals surface area contributed by atoms with Crippen LogP contribution in [-0.4, -0.2) is 38.2 Å². The number of anilines is 3. The summed E-state index contributed by atoms with van der Waals surface area (Å²) in [7, 11) is 0. The Balaban J connectivity index is 0.000000154. The van der Waals surface area contributed by atoms with E-state index in [1.165, 1.54) is 22.3 Å². The first-order chi connectivity index (χ1) is 24.4. The molecule has 0 spiro atoms. The molecular formula is C43H47IN4O3. The lowest BCUT2D eigenvalue weighted by molar-refractivity contribution is 0.252. The third-order valence-electron chi connectivity index (χ3n) is 8.89. The third-order valence-corrected chi connectivity index (χ3v) is 9.78. The Hall–Kier alpha value is -4.83. The van der Waals surface area contributed by atoms with E-state index in [-0.39, 0.29) is 12.1 Å². The second-order valence-corrected chi connectivity index (χ2v) is 14.3. The molecule has 264 valence electrons. The molecule has 5 aromatic rings. The Kier molecular flexibility index (Phi) is 12.4. The van der Waals surface area contributed by atoms with Gasteiger partial charge in [0.2, 0.25) is 0 Å². The normalized spacial score (nSPS) is 13.7. The quantitative estimate of drug-likeness (QED) is 0.180. The van der Waals surface area contributed by atoms with Gasteiger partial charge in [-0.05, 0) is 129 Å². The van der Waals surface area contributed by atoms with Crippen molar-refractivity contribution in [2.24, 2.45) is 0 Å². The number of benzene rings is 5. The van der Waals surface area contributed by atoms with Crippen molar-refractivity contribution in [3.8, 4) is 11.5 Å². The van der Waals surface area contributed by atoms with Gasteiger partial charge in [-0.3, -0.25) is 14.7 Å². The number of urea groups is 2. The summed E-state index contributed by atoms with van der Waals surface area (Å²) >= 11 is 2.26. The number of rotatable bonds is 5. The molecule has 0 atom stereocenters. The number of nitrogens with zero attached hydrogens (tertiary/aromatic N) is 3. The van der Waals surface area contributed by atoms with E-state index in [0.29, 0.717) is 0 Å². The number of amides is 4. The number of hydrogen-bond donors (Lipinski definition) is 1. The van der Waals surface area contributed by atoms with E-state index in [1.54, 1.807) is 0 Å². The van der Waals surface area contributed by atoms with Gasteiger partial charge in [-0.1, -0.05) is 83.9 Å². The number of carbonyl (C=O) groups is 2. The van der Waals surface area contributed by atoms with Crippen LogP contribution in [0.15, 0.2) is 103 Å². The molecule has 2 fully saturated rings. The molecule has 7 rings (SSSR count). The van der Waals surface area contributed by atoms with Crippen molar-refractivity contribution < 1.29 is 14.3 Å². The predicted octanol–water partition coefficient (Wildman–Crippen LogP) is 10.6. The molecule has 0 radical (unpaired) electrons. The second-order valence-electron chi connectivity index (χ2n) is 13.1. The Morgan fingerprint density at radius 1 is 0.569 bits per heavy atom. The van der Waals surface area contributed by atoms with Gasteiger partial charge < -0.3 is 10.1 Å². The summed E-state index contributed by atoms with van der Waals surface area (Å²) < 4.78 is 6.82. The van der Waals surface area contributed by atoms with Crippen LogP contribution < -0.4 is 24.8 Å². The van der Waals surface area contributed by atoms with E-state index in [9.17, 15) is 9.59 Å². The topological polar surface area (TPSA) is 65.1 Å². The van der Waals surface area contributed by atoms with Crippen LogP contribution in [0.1, 0.15) is 38.9 Å². The van der Waals surface area contributed by atoms with Crippen molar-refractivity contribution in [1.29, 1.82) is 0 Å². The van der Waals surface area contributed by atoms with Crippen LogP contribution in [0.25, 0.3) is 0 Å². The summed E-state index contributed by atoms with van der Waals surface area (Å²) in [6.07, 6.45) is 0. The highest BCUT2D eigenvalue weighted by Crippen LogP contribution is 2.32. The van der Waals surface area contributed by atoms with Gasteiger partial charge in [-0.15, -0.1) is 0 Å². The SMILES string of the molecule is Cc1cc(C)c(N2CCN(c3ccccc3C)C2=O)c(C)c1.Cc1cc(C)c(N2CCNC2=O)c(C)c1.Ic1ccccc1Oc1ccccc1. The molecular weight excluding hydrogens is 747 g/mol. The van der Waals surface area contributed by atoms with Crippen LogP contribution in [0.4, 0.5) is 26.7 Å². The highest BCUT2D eigenvalue weighted by molar-refractivity contribution is 14.1. The lowest BCUT2D eigenvalue weighted by atomic mass is 10.0. The molecule has 2 heterocycles. The average molecular weight is 795 g/mol. The summed E-state index contributed by atoms with van der Waals surface area (Å²) in [5.41, 5.74) is 11.4. The zero-order chi connectivity index (χ0) is 36.7. The first-order valence-corrected chi connectivity index (χ1v) is 18.4. The zero-order valence-electron chi connectivity index (χ0n) is 30.6. The smallest absolute Gasteiger partial charge is 0.329 e. The second kappa shape index (κ2) is 16.9. The van der Waals surface area contributed by atoms with Crippen molar-refractivity contribution in [3.05, 3.63) is 146 Å².